The first kappa shape index (κ1) is 17.2. The topological polar surface area (TPSA) is 49.4 Å². The van der Waals surface area contributed by atoms with Crippen molar-refractivity contribution in [1.29, 1.82) is 0 Å². The summed E-state index contributed by atoms with van der Waals surface area (Å²) < 4.78 is 0.882. The minimum Gasteiger partial charge on any atom is -0.324 e. The normalized spacial score (nSPS) is 10.3. The van der Waals surface area contributed by atoms with Crippen LogP contribution in [0.25, 0.3) is 0 Å². The van der Waals surface area contributed by atoms with Crippen molar-refractivity contribution in [3.8, 4) is 0 Å². The molecule has 0 bridgehead atoms. The second kappa shape index (κ2) is 7.42. The Bertz CT molecular complexity index is 723. The van der Waals surface area contributed by atoms with Crippen molar-refractivity contribution in [1.82, 2.24) is 0 Å². The number of carbonyl (C=O) groups is 2. The molecule has 0 atom stereocenters. The van der Waals surface area contributed by atoms with Crippen molar-refractivity contribution >= 4 is 39.1 Å². The van der Waals surface area contributed by atoms with Crippen LogP contribution in [-0.2, 0) is 9.59 Å². The van der Waals surface area contributed by atoms with E-state index in [0.29, 0.717) is 5.69 Å². The van der Waals surface area contributed by atoms with Gasteiger partial charge >= 0.3 is 0 Å². The number of hydrogen-bond donors (Lipinski definition) is 1. The van der Waals surface area contributed by atoms with Crippen LogP contribution in [0.4, 0.5) is 11.4 Å². The predicted octanol–water partition coefficient (Wildman–Crippen LogP) is 4.06. The zero-order chi connectivity index (χ0) is 17.0. The average Bonchev–Trinajstić information content (AvgIpc) is 2.43. The number of benzene rings is 2. The molecular formula is C18H19BrN2O2. The lowest BCUT2D eigenvalue weighted by atomic mass is 10.1. The second-order valence-electron chi connectivity index (χ2n) is 5.51. The van der Waals surface area contributed by atoms with Gasteiger partial charge in [-0.25, -0.2) is 0 Å². The quantitative estimate of drug-likeness (QED) is 0.876. The Balaban J connectivity index is 2.16. The molecule has 0 unspecified atom stereocenters. The number of hydrogen-bond acceptors (Lipinski definition) is 2. The van der Waals surface area contributed by atoms with E-state index in [0.717, 1.165) is 21.3 Å². The van der Waals surface area contributed by atoms with Crippen LogP contribution < -0.4 is 10.2 Å². The summed E-state index contributed by atoms with van der Waals surface area (Å²) in [6, 6.07) is 13.2. The third-order valence-corrected chi connectivity index (χ3v) is 3.80. The predicted molar refractivity (Wildman–Crippen MR) is 96.7 cm³/mol. The molecule has 5 heteroatoms. The van der Waals surface area contributed by atoms with Gasteiger partial charge in [0.15, 0.2) is 0 Å². The minimum absolute atomic E-state index is 0.0231. The molecule has 0 radical (unpaired) electrons. The maximum atomic E-state index is 12.3. The van der Waals surface area contributed by atoms with Crippen LogP contribution in [0.15, 0.2) is 46.9 Å². The summed E-state index contributed by atoms with van der Waals surface area (Å²) in [5, 5.41) is 2.80. The van der Waals surface area contributed by atoms with Crippen molar-refractivity contribution in [3.05, 3.63) is 58.1 Å². The molecule has 0 aromatic heterocycles. The Hall–Kier alpha value is -2.14. The largest absolute Gasteiger partial charge is 0.324 e. The maximum absolute atomic E-state index is 12.3. The van der Waals surface area contributed by atoms with Gasteiger partial charge in [0, 0.05) is 22.8 Å². The number of nitrogens with zero attached hydrogens (tertiary/aromatic N) is 1. The van der Waals surface area contributed by atoms with E-state index in [1.165, 1.54) is 11.8 Å². The highest BCUT2D eigenvalue weighted by Gasteiger charge is 2.16. The number of rotatable bonds is 4. The fraction of sp³-hybridized carbons (Fsp3) is 0.222. The van der Waals surface area contributed by atoms with Crippen LogP contribution in [0.1, 0.15) is 18.1 Å². The molecule has 0 aliphatic carbocycles. The van der Waals surface area contributed by atoms with Gasteiger partial charge in [-0.3, -0.25) is 9.59 Å². The number of carbonyl (C=O) groups excluding carboxylic acids is 2. The fourth-order valence-corrected chi connectivity index (χ4v) is 2.80. The number of aryl methyl sites for hydroxylation is 2. The highest BCUT2D eigenvalue weighted by Crippen LogP contribution is 2.20. The number of nitrogens with one attached hydrogen (secondary N) is 1. The van der Waals surface area contributed by atoms with E-state index >= 15 is 0 Å². The van der Waals surface area contributed by atoms with Crippen molar-refractivity contribution in [2.45, 2.75) is 20.8 Å². The average molecular weight is 375 g/mol. The van der Waals surface area contributed by atoms with Gasteiger partial charge in [-0.1, -0.05) is 28.1 Å². The molecule has 2 rings (SSSR count). The Morgan fingerprint density at radius 3 is 2.30 bits per heavy atom. The number of anilines is 2. The first-order valence-electron chi connectivity index (χ1n) is 7.27. The SMILES string of the molecule is CC(=O)N(CC(=O)Nc1cccc(Br)c1)c1cc(C)cc(C)c1. The fourth-order valence-electron chi connectivity index (χ4n) is 2.40. The highest BCUT2D eigenvalue weighted by atomic mass is 79.9. The van der Waals surface area contributed by atoms with Gasteiger partial charge in [0.05, 0.1) is 0 Å². The van der Waals surface area contributed by atoms with Crippen LogP contribution in [0.2, 0.25) is 0 Å². The Morgan fingerprint density at radius 1 is 1.09 bits per heavy atom. The van der Waals surface area contributed by atoms with Crippen LogP contribution >= 0.6 is 15.9 Å². The summed E-state index contributed by atoms with van der Waals surface area (Å²) in [5.41, 5.74) is 3.53. The van der Waals surface area contributed by atoms with E-state index in [2.05, 4.69) is 21.2 Å². The third-order valence-electron chi connectivity index (χ3n) is 3.31. The lowest BCUT2D eigenvalue weighted by Crippen LogP contribution is -2.36. The van der Waals surface area contributed by atoms with E-state index in [9.17, 15) is 9.59 Å². The molecule has 120 valence electrons. The number of amides is 2. The zero-order valence-electron chi connectivity index (χ0n) is 13.4. The lowest BCUT2D eigenvalue weighted by molar-refractivity contribution is -0.120. The molecule has 4 nitrogen and oxygen atoms in total. The van der Waals surface area contributed by atoms with E-state index in [4.69, 9.17) is 0 Å². The molecule has 23 heavy (non-hydrogen) atoms. The lowest BCUT2D eigenvalue weighted by Gasteiger charge is -2.21. The van der Waals surface area contributed by atoms with Gasteiger partial charge in [-0.05, 0) is 55.3 Å². The van der Waals surface area contributed by atoms with Crippen LogP contribution in [-0.4, -0.2) is 18.4 Å². The van der Waals surface area contributed by atoms with Crippen LogP contribution in [0.3, 0.4) is 0 Å². The molecule has 0 saturated heterocycles. The van der Waals surface area contributed by atoms with Gasteiger partial charge in [-0.2, -0.15) is 0 Å². The van der Waals surface area contributed by atoms with Gasteiger partial charge < -0.3 is 10.2 Å². The molecule has 0 aliphatic rings. The molecule has 0 spiro atoms. The van der Waals surface area contributed by atoms with E-state index in [1.54, 1.807) is 6.07 Å². The first-order chi connectivity index (χ1) is 10.8. The Labute approximate surface area is 144 Å². The molecule has 0 heterocycles. The van der Waals surface area contributed by atoms with Gasteiger partial charge in [0.1, 0.15) is 6.54 Å². The summed E-state index contributed by atoms with van der Waals surface area (Å²) in [6.45, 7) is 5.38. The summed E-state index contributed by atoms with van der Waals surface area (Å²) in [7, 11) is 0. The van der Waals surface area contributed by atoms with Gasteiger partial charge in [-0.15, -0.1) is 0 Å². The molecule has 1 N–H and O–H groups in total. The highest BCUT2D eigenvalue weighted by molar-refractivity contribution is 9.10. The molecular weight excluding hydrogens is 356 g/mol. The molecule has 0 saturated carbocycles. The first-order valence-corrected chi connectivity index (χ1v) is 8.06. The summed E-state index contributed by atoms with van der Waals surface area (Å²) in [4.78, 5) is 25.7. The monoisotopic (exact) mass is 374 g/mol. The Morgan fingerprint density at radius 2 is 1.74 bits per heavy atom. The van der Waals surface area contributed by atoms with Gasteiger partial charge in [0.25, 0.3) is 0 Å². The summed E-state index contributed by atoms with van der Waals surface area (Å²) >= 11 is 3.36. The molecule has 2 aromatic rings. The standard InChI is InChI=1S/C18H19BrN2O2/c1-12-7-13(2)9-17(8-12)21(14(3)22)11-18(23)20-16-6-4-5-15(19)10-16/h4-10H,11H2,1-3H3,(H,20,23). The van der Waals surface area contributed by atoms with Crippen LogP contribution in [0, 0.1) is 13.8 Å². The maximum Gasteiger partial charge on any atom is 0.244 e. The number of halogens is 1. The smallest absolute Gasteiger partial charge is 0.244 e. The van der Waals surface area contributed by atoms with Gasteiger partial charge in [0.2, 0.25) is 11.8 Å². The van der Waals surface area contributed by atoms with E-state index in [-0.39, 0.29) is 18.4 Å². The third kappa shape index (κ3) is 4.93. The summed E-state index contributed by atoms with van der Waals surface area (Å²) in [6.07, 6.45) is 0. The Kier molecular flexibility index (Phi) is 5.55. The van der Waals surface area contributed by atoms with Crippen molar-refractivity contribution in [2.75, 3.05) is 16.8 Å². The molecule has 0 aliphatic heterocycles. The van der Waals surface area contributed by atoms with E-state index < -0.39 is 0 Å². The molecule has 0 fully saturated rings. The van der Waals surface area contributed by atoms with Crippen molar-refractivity contribution in [2.24, 2.45) is 0 Å². The molecule has 2 amide bonds. The minimum atomic E-state index is -0.238. The molecule has 2 aromatic carbocycles. The second-order valence-corrected chi connectivity index (χ2v) is 6.43. The van der Waals surface area contributed by atoms with E-state index in [1.807, 2.05) is 50.2 Å². The van der Waals surface area contributed by atoms with Crippen molar-refractivity contribution in [3.63, 3.8) is 0 Å². The summed E-state index contributed by atoms with van der Waals surface area (Å²) in [5.74, 6) is -0.406. The van der Waals surface area contributed by atoms with Crippen molar-refractivity contribution < 1.29 is 9.59 Å². The van der Waals surface area contributed by atoms with Crippen LogP contribution in [0.5, 0.6) is 0 Å². The zero-order valence-corrected chi connectivity index (χ0v) is 15.0.